The zero-order valence-corrected chi connectivity index (χ0v) is 18.4. The highest BCUT2D eigenvalue weighted by molar-refractivity contribution is 7.80. The number of nitrogens with one attached hydrogen (secondary N) is 2. The summed E-state index contributed by atoms with van der Waals surface area (Å²) in [5, 5.41) is 6.20. The number of thiocarbonyl (C=S) groups is 1. The lowest BCUT2D eigenvalue weighted by atomic mass is 10.2. The van der Waals surface area contributed by atoms with Crippen molar-refractivity contribution < 1.29 is 13.9 Å². The van der Waals surface area contributed by atoms with Gasteiger partial charge in [-0.1, -0.05) is 41.4 Å². The molecule has 4 aromatic rings. The van der Waals surface area contributed by atoms with Crippen LogP contribution in [0.3, 0.4) is 0 Å². The predicted octanol–water partition coefficient (Wildman–Crippen LogP) is 5.94. The molecule has 156 valence electrons. The molecule has 0 radical (unpaired) electrons. The fourth-order valence-corrected chi connectivity index (χ4v) is 3.78. The van der Waals surface area contributed by atoms with Crippen molar-refractivity contribution in [3.8, 4) is 17.2 Å². The summed E-state index contributed by atoms with van der Waals surface area (Å²) in [5.74, 6) is 0.191. The minimum Gasteiger partial charge on any atom is -0.494 e. The molecule has 0 aliphatic rings. The van der Waals surface area contributed by atoms with E-state index in [-0.39, 0.29) is 21.4 Å². The Kier molecular flexibility index (Phi) is 6.08. The zero-order valence-electron chi connectivity index (χ0n) is 16.1. The van der Waals surface area contributed by atoms with Gasteiger partial charge in [0.2, 0.25) is 5.89 Å². The molecule has 0 aliphatic carbocycles. The molecule has 0 fully saturated rings. The van der Waals surface area contributed by atoms with Gasteiger partial charge in [-0.25, -0.2) is 4.98 Å². The first-order chi connectivity index (χ1) is 14.9. The van der Waals surface area contributed by atoms with Gasteiger partial charge in [-0.2, -0.15) is 0 Å². The van der Waals surface area contributed by atoms with Crippen LogP contribution < -0.4 is 15.4 Å². The first-order valence-electron chi connectivity index (χ1n) is 9.06. The van der Waals surface area contributed by atoms with Crippen LogP contribution in [0.2, 0.25) is 10.0 Å². The Morgan fingerprint density at radius 1 is 1.10 bits per heavy atom. The Bertz CT molecular complexity index is 1270. The van der Waals surface area contributed by atoms with Gasteiger partial charge in [0.15, 0.2) is 10.7 Å². The summed E-state index contributed by atoms with van der Waals surface area (Å²) in [6.07, 6.45) is 0. The number of para-hydroxylation sites is 2. The molecule has 0 saturated carbocycles. The molecular weight excluding hydrogens is 457 g/mol. The van der Waals surface area contributed by atoms with Gasteiger partial charge in [-0.05, 0) is 54.7 Å². The number of hydrogen-bond donors (Lipinski definition) is 2. The van der Waals surface area contributed by atoms with Crippen molar-refractivity contribution >= 4 is 63.2 Å². The van der Waals surface area contributed by atoms with Crippen molar-refractivity contribution in [2.45, 2.75) is 0 Å². The number of nitrogens with zero attached hydrogens (tertiary/aromatic N) is 1. The summed E-state index contributed by atoms with van der Waals surface area (Å²) in [6.45, 7) is 0. The van der Waals surface area contributed by atoms with E-state index in [4.69, 9.17) is 44.6 Å². The number of fused-ring (bicyclic) bond motifs is 1. The molecule has 1 amide bonds. The summed E-state index contributed by atoms with van der Waals surface area (Å²) < 4.78 is 11.0. The van der Waals surface area contributed by atoms with Crippen LogP contribution in [0.25, 0.3) is 22.6 Å². The molecule has 1 heterocycles. The molecule has 0 spiro atoms. The van der Waals surface area contributed by atoms with Crippen LogP contribution in [0.15, 0.2) is 65.1 Å². The lowest BCUT2D eigenvalue weighted by Gasteiger charge is -2.13. The van der Waals surface area contributed by atoms with E-state index in [9.17, 15) is 4.79 Å². The first-order valence-corrected chi connectivity index (χ1v) is 10.2. The van der Waals surface area contributed by atoms with E-state index in [0.29, 0.717) is 22.2 Å². The van der Waals surface area contributed by atoms with E-state index < -0.39 is 5.91 Å². The smallest absolute Gasteiger partial charge is 0.261 e. The summed E-state index contributed by atoms with van der Waals surface area (Å²) in [4.78, 5) is 17.1. The molecule has 0 bridgehead atoms. The van der Waals surface area contributed by atoms with E-state index >= 15 is 0 Å². The third kappa shape index (κ3) is 4.64. The number of amides is 1. The summed E-state index contributed by atoms with van der Waals surface area (Å²) in [7, 11) is 1.42. The van der Waals surface area contributed by atoms with Gasteiger partial charge in [-0.3, -0.25) is 10.1 Å². The van der Waals surface area contributed by atoms with Gasteiger partial charge in [0, 0.05) is 16.3 Å². The number of halogens is 2. The summed E-state index contributed by atoms with van der Waals surface area (Å²) >= 11 is 17.4. The van der Waals surface area contributed by atoms with Crippen molar-refractivity contribution in [2.24, 2.45) is 0 Å². The van der Waals surface area contributed by atoms with Crippen LogP contribution in [-0.2, 0) is 0 Å². The normalized spacial score (nSPS) is 10.7. The van der Waals surface area contributed by atoms with Crippen molar-refractivity contribution in [1.82, 2.24) is 10.3 Å². The van der Waals surface area contributed by atoms with Crippen LogP contribution in [-0.4, -0.2) is 23.1 Å². The molecule has 0 aliphatic heterocycles. The largest absolute Gasteiger partial charge is 0.494 e. The van der Waals surface area contributed by atoms with Gasteiger partial charge < -0.3 is 14.5 Å². The zero-order chi connectivity index (χ0) is 22.0. The van der Waals surface area contributed by atoms with Crippen molar-refractivity contribution in [2.75, 3.05) is 12.4 Å². The van der Waals surface area contributed by atoms with E-state index in [0.717, 1.165) is 11.1 Å². The van der Waals surface area contributed by atoms with E-state index in [2.05, 4.69) is 15.6 Å². The maximum Gasteiger partial charge on any atom is 0.261 e. The number of aromatic nitrogens is 1. The average Bonchev–Trinajstić information content (AvgIpc) is 3.17. The molecule has 2 N–H and O–H groups in total. The molecule has 6 nitrogen and oxygen atoms in total. The monoisotopic (exact) mass is 471 g/mol. The molecule has 9 heteroatoms. The Morgan fingerprint density at radius 2 is 1.90 bits per heavy atom. The molecular formula is C22H15Cl2N3O3S. The molecule has 0 atom stereocenters. The summed E-state index contributed by atoms with van der Waals surface area (Å²) in [5.41, 5.74) is 3.06. The van der Waals surface area contributed by atoms with Gasteiger partial charge in [0.05, 0.1) is 17.7 Å². The van der Waals surface area contributed by atoms with Gasteiger partial charge in [0.1, 0.15) is 11.3 Å². The van der Waals surface area contributed by atoms with Gasteiger partial charge >= 0.3 is 0 Å². The highest BCUT2D eigenvalue weighted by Gasteiger charge is 2.18. The maximum atomic E-state index is 12.7. The quantitative estimate of drug-likeness (QED) is 0.358. The number of benzene rings is 3. The number of carbonyl (C=O) groups is 1. The molecule has 31 heavy (non-hydrogen) atoms. The molecule has 0 saturated heterocycles. The topological polar surface area (TPSA) is 76.4 Å². The standard InChI is InChI=1S/C22H15Cl2N3O3S/c1-29-19-15(10-13(23)11-16(19)24)20(28)27-22(31)25-14-6-4-5-12(9-14)21-26-17-7-2-3-8-18(17)30-21/h2-11H,1H3,(H2,25,27,28,31). The third-order valence-electron chi connectivity index (χ3n) is 4.35. The Hall–Kier alpha value is -3.13. The van der Waals surface area contributed by atoms with Crippen molar-refractivity contribution in [3.05, 3.63) is 76.3 Å². The first kappa shape index (κ1) is 21.1. The number of anilines is 1. The Morgan fingerprint density at radius 3 is 2.68 bits per heavy atom. The van der Waals surface area contributed by atoms with Crippen molar-refractivity contribution in [1.29, 1.82) is 0 Å². The van der Waals surface area contributed by atoms with E-state index in [1.54, 1.807) is 6.07 Å². The predicted molar refractivity (Wildman–Crippen MR) is 126 cm³/mol. The number of hydrogen-bond acceptors (Lipinski definition) is 5. The highest BCUT2D eigenvalue weighted by atomic mass is 35.5. The fourth-order valence-electron chi connectivity index (χ4n) is 2.99. The van der Waals surface area contributed by atoms with Gasteiger partial charge in [0.25, 0.3) is 5.91 Å². The van der Waals surface area contributed by atoms with Crippen LogP contribution in [0.1, 0.15) is 10.4 Å². The third-order valence-corrected chi connectivity index (χ3v) is 5.05. The second-order valence-electron chi connectivity index (χ2n) is 6.44. The van der Waals surface area contributed by atoms with E-state index in [1.165, 1.54) is 19.2 Å². The second-order valence-corrected chi connectivity index (χ2v) is 7.70. The number of rotatable bonds is 4. The van der Waals surface area contributed by atoms with Crippen LogP contribution in [0.5, 0.6) is 5.75 Å². The van der Waals surface area contributed by atoms with Crippen molar-refractivity contribution in [3.63, 3.8) is 0 Å². The van der Waals surface area contributed by atoms with Gasteiger partial charge in [-0.15, -0.1) is 0 Å². The minimum atomic E-state index is -0.506. The average molecular weight is 472 g/mol. The molecule has 0 unspecified atom stereocenters. The summed E-state index contributed by atoms with van der Waals surface area (Å²) in [6, 6.07) is 17.8. The highest BCUT2D eigenvalue weighted by Crippen LogP contribution is 2.32. The lowest BCUT2D eigenvalue weighted by molar-refractivity contribution is 0.0975. The number of methoxy groups -OCH3 is 1. The molecule has 3 aromatic carbocycles. The number of carbonyl (C=O) groups excluding carboxylic acids is 1. The molecule has 4 rings (SSSR count). The Labute approximate surface area is 193 Å². The Balaban J connectivity index is 1.51. The minimum absolute atomic E-state index is 0.0952. The molecule has 1 aromatic heterocycles. The number of ether oxygens (including phenoxy) is 1. The van der Waals surface area contributed by atoms with Crippen LogP contribution in [0.4, 0.5) is 5.69 Å². The maximum absolute atomic E-state index is 12.7. The lowest BCUT2D eigenvalue weighted by Crippen LogP contribution is -2.34. The second kappa shape index (κ2) is 8.93. The van der Waals surface area contributed by atoms with E-state index in [1.807, 2.05) is 42.5 Å². The van der Waals surface area contributed by atoms with Crippen LogP contribution >= 0.6 is 35.4 Å². The van der Waals surface area contributed by atoms with Crippen LogP contribution in [0, 0.1) is 0 Å². The fraction of sp³-hybridized carbons (Fsp3) is 0.0455. The number of oxazole rings is 1. The SMILES string of the molecule is COc1c(Cl)cc(Cl)cc1C(=O)NC(=S)Nc1cccc(-c2nc3ccccc3o2)c1.